The number of rotatable bonds is 3. The lowest BCUT2D eigenvalue weighted by atomic mass is 10.0. The predicted molar refractivity (Wildman–Crippen MR) is 79.6 cm³/mol. The number of carbonyl (C=O) groups excluding carboxylic acids is 1. The Morgan fingerprint density at radius 1 is 1.23 bits per heavy atom. The van der Waals surface area contributed by atoms with E-state index >= 15 is 0 Å². The van der Waals surface area contributed by atoms with Gasteiger partial charge < -0.3 is 14.7 Å². The van der Waals surface area contributed by atoms with Gasteiger partial charge in [0.15, 0.2) is 5.76 Å². The first kappa shape index (κ1) is 14.3. The van der Waals surface area contributed by atoms with Gasteiger partial charge in [0.25, 0.3) is 0 Å². The van der Waals surface area contributed by atoms with E-state index in [0.29, 0.717) is 23.4 Å². The summed E-state index contributed by atoms with van der Waals surface area (Å²) in [6.45, 7) is 0.512. The van der Waals surface area contributed by atoms with Gasteiger partial charge >= 0.3 is 0 Å². The van der Waals surface area contributed by atoms with E-state index in [2.05, 4.69) is 4.98 Å². The van der Waals surface area contributed by atoms with Gasteiger partial charge in [-0.2, -0.15) is 0 Å². The largest absolute Gasteiger partial charge is 0.872 e. The smallest absolute Gasteiger partial charge is 0.231 e. The molecule has 3 rings (SSSR count). The fourth-order valence-corrected chi connectivity index (χ4v) is 2.42. The molecule has 1 aliphatic rings. The maximum Gasteiger partial charge on any atom is 0.231 e. The molecule has 2 heterocycles. The molecule has 1 aromatic carbocycles. The lowest BCUT2D eigenvalue weighted by molar-refractivity contribution is -0.872. The van der Waals surface area contributed by atoms with Crippen LogP contribution in [0.2, 0.25) is 0 Å². The predicted octanol–water partition coefficient (Wildman–Crippen LogP) is 0.416. The summed E-state index contributed by atoms with van der Waals surface area (Å²) in [5.74, 6) is 0.348. The Labute approximate surface area is 128 Å². The Hall–Kier alpha value is -2.66. The van der Waals surface area contributed by atoms with Crippen LogP contribution in [0.3, 0.4) is 0 Å². The van der Waals surface area contributed by atoms with E-state index in [1.165, 1.54) is 6.07 Å². The molecule has 112 valence electrons. The number of hydrogen-bond donors (Lipinski definition) is 1. The summed E-state index contributed by atoms with van der Waals surface area (Å²) in [5, 5.41) is 12.1. The average Bonchev–Trinajstić information content (AvgIpc) is 2.80. The summed E-state index contributed by atoms with van der Waals surface area (Å²) in [6.07, 6.45) is 4.96. The molecule has 0 amide bonds. The van der Waals surface area contributed by atoms with E-state index in [-0.39, 0.29) is 17.3 Å². The number of quaternary nitrogens is 1. The zero-order valence-corrected chi connectivity index (χ0v) is 12.4. The number of ether oxygens (including phenoxy) is 1. The molecule has 5 nitrogen and oxygen atoms in total. The number of pyridine rings is 1. The molecule has 0 bridgehead atoms. The molecule has 0 saturated heterocycles. The third-order valence-corrected chi connectivity index (χ3v) is 3.43. The van der Waals surface area contributed by atoms with E-state index in [4.69, 9.17) is 4.74 Å². The molecule has 22 heavy (non-hydrogen) atoms. The van der Waals surface area contributed by atoms with Crippen molar-refractivity contribution in [3.8, 4) is 11.5 Å². The molecule has 0 spiro atoms. The van der Waals surface area contributed by atoms with Gasteiger partial charge in [-0.25, -0.2) is 0 Å². The van der Waals surface area contributed by atoms with Crippen LogP contribution in [0.4, 0.5) is 0 Å². The fourth-order valence-electron chi connectivity index (χ4n) is 2.42. The van der Waals surface area contributed by atoms with Gasteiger partial charge in [0.2, 0.25) is 5.78 Å². The highest BCUT2D eigenvalue weighted by Crippen LogP contribution is 2.38. The standard InChI is InChI=1S/C17H16N2O3/c1-19(2)10-13-14(20)4-3-12-16(21)15(22-17(12)13)9-11-5-7-18-8-6-11/h3-9,20H,10H2,1-2H3. The Bertz CT molecular complexity index is 752. The highest BCUT2D eigenvalue weighted by molar-refractivity contribution is 6.14. The van der Waals surface area contributed by atoms with Gasteiger partial charge in [-0.15, -0.1) is 0 Å². The van der Waals surface area contributed by atoms with Crippen molar-refractivity contribution in [3.05, 3.63) is 59.1 Å². The minimum atomic E-state index is -0.193. The lowest BCUT2D eigenvalue weighted by Gasteiger charge is -2.17. The number of aromatic nitrogens is 1. The van der Waals surface area contributed by atoms with Crippen molar-refractivity contribution >= 4 is 11.9 Å². The van der Waals surface area contributed by atoms with E-state index in [1.807, 2.05) is 14.1 Å². The highest BCUT2D eigenvalue weighted by Gasteiger charge is 2.30. The monoisotopic (exact) mass is 296 g/mol. The van der Waals surface area contributed by atoms with Crippen LogP contribution in [0, 0.1) is 0 Å². The first-order valence-corrected chi connectivity index (χ1v) is 7.02. The second-order valence-corrected chi connectivity index (χ2v) is 5.52. The topological polar surface area (TPSA) is 66.7 Å². The van der Waals surface area contributed by atoms with Crippen LogP contribution in [-0.2, 0) is 6.54 Å². The molecular weight excluding hydrogens is 280 g/mol. The van der Waals surface area contributed by atoms with Gasteiger partial charge in [-0.1, -0.05) is 11.8 Å². The van der Waals surface area contributed by atoms with Crippen LogP contribution >= 0.6 is 0 Å². The quantitative estimate of drug-likeness (QED) is 0.834. The van der Waals surface area contributed by atoms with E-state index in [1.54, 1.807) is 36.7 Å². The van der Waals surface area contributed by atoms with Gasteiger partial charge in [0.1, 0.15) is 12.3 Å². The zero-order chi connectivity index (χ0) is 15.7. The molecular formula is C17H16N2O3. The summed E-state index contributed by atoms with van der Waals surface area (Å²) >= 11 is 0. The van der Waals surface area contributed by atoms with Crippen molar-refractivity contribution in [2.45, 2.75) is 6.54 Å². The molecule has 1 N–H and O–H groups in total. The van der Waals surface area contributed by atoms with Crippen LogP contribution in [0.25, 0.3) is 6.08 Å². The molecule has 2 aromatic rings. The van der Waals surface area contributed by atoms with Crippen LogP contribution in [0.15, 0.2) is 42.4 Å². The summed E-state index contributed by atoms with van der Waals surface area (Å²) in [5.41, 5.74) is 1.83. The summed E-state index contributed by atoms with van der Waals surface area (Å²) in [4.78, 5) is 17.5. The van der Waals surface area contributed by atoms with Crippen molar-refractivity contribution < 1.29 is 19.5 Å². The molecule has 0 radical (unpaired) electrons. The van der Waals surface area contributed by atoms with Crippen molar-refractivity contribution in [2.24, 2.45) is 0 Å². The zero-order valence-electron chi connectivity index (χ0n) is 12.4. The van der Waals surface area contributed by atoms with Crippen molar-refractivity contribution in [1.29, 1.82) is 0 Å². The average molecular weight is 296 g/mol. The number of nitrogens with one attached hydrogen (secondary N) is 1. The number of Topliss-reactive ketones (excluding diaryl/α,β-unsaturated/α-hetero) is 1. The Kier molecular flexibility index (Phi) is 3.65. The Morgan fingerprint density at radius 3 is 2.64 bits per heavy atom. The third-order valence-electron chi connectivity index (χ3n) is 3.43. The second kappa shape index (κ2) is 5.61. The first-order chi connectivity index (χ1) is 10.6. The minimum Gasteiger partial charge on any atom is -0.872 e. The summed E-state index contributed by atoms with van der Waals surface area (Å²) in [6, 6.07) is 6.56. The normalized spacial score (nSPS) is 15.2. The molecule has 0 atom stereocenters. The molecule has 1 aromatic heterocycles. The molecule has 0 fully saturated rings. The third kappa shape index (κ3) is 2.58. The molecule has 0 saturated carbocycles. The minimum absolute atomic E-state index is 0.0992. The number of carbonyl (C=O) groups is 1. The van der Waals surface area contributed by atoms with Gasteiger partial charge in [0, 0.05) is 18.0 Å². The van der Waals surface area contributed by atoms with Crippen molar-refractivity contribution in [1.82, 2.24) is 4.98 Å². The number of hydrogen-bond acceptors (Lipinski definition) is 4. The number of ketones is 1. The maximum absolute atomic E-state index is 12.4. The lowest BCUT2D eigenvalue weighted by Crippen LogP contribution is -3.04. The molecule has 1 aliphatic heterocycles. The van der Waals surface area contributed by atoms with Crippen LogP contribution in [0.1, 0.15) is 21.5 Å². The van der Waals surface area contributed by atoms with Crippen molar-refractivity contribution in [2.75, 3.05) is 14.1 Å². The molecule has 5 heteroatoms. The maximum atomic E-state index is 12.4. The van der Waals surface area contributed by atoms with Gasteiger partial charge in [-0.05, 0) is 29.8 Å². The van der Waals surface area contributed by atoms with E-state index < -0.39 is 0 Å². The van der Waals surface area contributed by atoms with Gasteiger partial charge in [-0.3, -0.25) is 9.78 Å². The SMILES string of the molecule is C[NH+](C)Cc1c([O-])ccc2c1OC(=Cc1ccncc1)C2=O. The number of nitrogens with zero attached hydrogens (tertiary/aromatic N) is 1. The highest BCUT2D eigenvalue weighted by atomic mass is 16.5. The first-order valence-electron chi connectivity index (χ1n) is 7.02. The van der Waals surface area contributed by atoms with Crippen LogP contribution in [0.5, 0.6) is 11.5 Å². The number of allylic oxidation sites excluding steroid dienone is 1. The Balaban J connectivity index is 2.02. The van der Waals surface area contributed by atoms with E-state index in [0.717, 1.165) is 10.5 Å². The van der Waals surface area contributed by atoms with E-state index in [9.17, 15) is 9.90 Å². The summed E-state index contributed by atoms with van der Waals surface area (Å²) < 4.78 is 5.71. The van der Waals surface area contributed by atoms with Crippen LogP contribution < -0.4 is 14.7 Å². The summed E-state index contributed by atoms with van der Waals surface area (Å²) in [7, 11) is 3.90. The van der Waals surface area contributed by atoms with Gasteiger partial charge in [0.05, 0.1) is 19.7 Å². The fraction of sp³-hybridized carbons (Fsp3) is 0.176. The molecule has 0 unspecified atom stereocenters. The molecule has 0 aliphatic carbocycles. The van der Waals surface area contributed by atoms with Crippen molar-refractivity contribution in [3.63, 3.8) is 0 Å². The second-order valence-electron chi connectivity index (χ2n) is 5.52. The van der Waals surface area contributed by atoms with Crippen LogP contribution in [-0.4, -0.2) is 24.9 Å². The number of fused-ring (bicyclic) bond motifs is 1. The Morgan fingerprint density at radius 2 is 1.95 bits per heavy atom. The number of benzene rings is 1.